The van der Waals surface area contributed by atoms with Crippen molar-refractivity contribution in [2.24, 2.45) is 5.41 Å². The second-order valence-electron chi connectivity index (χ2n) is 9.34. The van der Waals surface area contributed by atoms with Gasteiger partial charge in [0.15, 0.2) is 6.10 Å². The Morgan fingerprint density at radius 2 is 1.05 bits per heavy atom. The van der Waals surface area contributed by atoms with Crippen LogP contribution in [0.25, 0.3) is 0 Å². The molecule has 37 heavy (non-hydrogen) atoms. The van der Waals surface area contributed by atoms with E-state index in [9.17, 15) is 19.2 Å². The van der Waals surface area contributed by atoms with Crippen molar-refractivity contribution in [1.82, 2.24) is 0 Å². The van der Waals surface area contributed by atoms with Crippen LogP contribution in [0, 0.1) is 5.41 Å². The van der Waals surface area contributed by atoms with Gasteiger partial charge in [-0.3, -0.25) is 0 Å². The van der Waals surface area contributed by atoms with Crippen LogP contribution in [-0.2, 0) is 38.1 Å². The zero-order valence-electron chi connectivity index (χ0n) is 22.7. The first kappa shape index (κ1) is 33.1. The molecule has 1 aromatic carbocycles. The van der Waals surface area contributed by atoms with E-state index < -0.39 is 35.4 Å². The summed E-state index contributed by atoms with van der Waals surface area (Å²) in [5.41, 5.74) is 1.59. The van der Waals surface area contributed by atoms with Crippen LogP contribution in [-0.4, -0.2) is 43.7 Å². The summed E-state index contributed by atoms with van der Waals surface area (Å²) in [5, 5.41) is 0. The predicted molar refractivity (Wildman–Crippen MR) is 141 cm³/mol. The molecule has 0 bridgehead atoms. The minimum atomic E-state index is -0.663. The molecule has 0 saturated heterocycles. The molecule has 0 saturated carbocycles. The number of rotatable bonds is 12. The van der Waals surface area contributed by atoms with E-state index >= 15 is 0 Å². The van der Waals surface area contributed by atoms with Gasteiger partial charge in [-0.05, 0) is 33.3 Å². The van der Waals surface area contributed by atoms with Crippen molar-refractivity contribution in [3.63, 3.8) is 0 Å². The van der Waals surface area contributed by atoms with Gasteiger partial charge in [0, 0.05) is 27.7 Å². The highest BCUT2D eigenvalue weighted by Crippen LogP contribution is 2.20. The standard InChI is InChI=1S/C16H18O4.C13H20O4/c1-11(2)15(17)19-10-14(20-16(18)12(3)4)13-8-6-5-7-9-13;1-9(2)11(14)16-7-13(5,6)8-17-12(15)10(3)4/h5-9,14H,1,3,10H2,2,4H3;1,3,7-8H2,2,4-6H3. The highest BCUT2D eigenvalue weighted by molar-refractivity contribution is 5.88. The normalized spacial score (nSPS) is 11.0. The summed E-state index contributed by atoms with van der Waals surface area (Å²) in [4.78, 5) is 45.4. The Kier molecular flexibility index (Phi) is 14.2. The zero-order chi connectivity index (χ0) is 28.8. The Bertz CT molecular complexity index is 986. The number of esters is 4. The molecule has 0 heterocycles. The quantitative estimate of drug-likeness (QED) is 0.212. The highest BCUT2D eigenvalue weighted by Gasteiger charge is 2.23. The molecule has 8 heteroatoms. The molecular formula is C29H38O8. The van der Waals surface area contributed by atoms with E-state index in [1.807, 2.05) is 32.0 Å². The Hall–Kier alpha value is -3.94. The third-order valence-electron chi connectivity index (χ3n) is 4.37. The molecule has 1 atom stereocenters. The van der Waals surface area contributed by atoms with Gasteiger partial charge in [-0.1, -0.05) is 70.5 Å². The first-order chi connectivity index (χ1) is 17.1. The van der Waals surface area contributed by atoms with Crippen LogP contribution >= 0.6 is 0 Å². The molecule has 0 N–H and O–H groups in total. The van der Waals surface area contributed by atoms with Gasteiger partial charge in [-0.2, -0.15) is 0 Å². The molecular weight excluding hydrogens is 476 g/mol. The number of hydrogen-bond donors (Lipinski definition) is 0. The maximum Gasteiger partial charge on any atom is 0.333 e. The van der Waals surface area contributed by atoms with Gasteiger partial charge in [0.2, 0.25) is 0 Å². The first-order valence-corrected chi connectivity index (χ1v) is 11.5. The largest absolute Gasteiger partial charge is 0.462 e. The van der Waals surface area contributed by atoms with Crippen molar-refractivity contribution < 1.29 is 38.1 Å². The van der Waals surface area contributed by atoms with E-state index in [1.165, 1.54) is 0 Å². The van der Waals surface area contributed by atoms with E-state index in [0.717, 1.165) is 5.56 Å². The third-order valence-corrected chi connectivity index (χ3v) is 4.37. The second kappa shape index (κ2) is 15.9. The fraction of sp³-hybridized carbons (Fsp3) is 0.379. The summed E-state index contributed by atoms with van der Waals surface area (Å²) in [6.45, 7) is 24.2. The molecule has 0 amide bonds. The molecule has 1 unspecified atom stereocenters. The predicted octanol–water partition coefficient (Wildman–Crippen LogP) is 5.22. The molecule has 0 aromatic heterocycles. The fourth-order valence-electron chi connectivity index (χ4n) is 2.18. The van der Waals surface area contributed by atoms with Gasteiger partial charge in [0.1, 0.15) is 6.61 Å². The average Bonchev–Trinajstić information content (AvgIpc) is 2.83. The monoisotopic (exact) mass is 514 g/mol. The van der Waals surface area contributed by atoms with Gasteiger partial charge < -0.3 is 18.9 Å². The van der Waals surface area contributed by atoms with Crippen molar-refractivity contribution >= 4 is 23.9 Å². The van der Waals surface area contributed by atoms with Crippen molar-refractivity contribution in [2.75, 3.05) is 19.8 Å². The maximum atomic E-state index is 11.6. The van der Waals surface area contributed by atoms with Crippen LogP contribution in [0.5, 0.6) is 0 Å². The van der Waals surface area contributed by atoms with Crippen molar-refractivity contribution in [1.29, 1.82) is 0 Å². The molecule has 0 aliphatic carbocycles. The summed E-state index contributed by atoms with van der Waals surface area (Å²) in [6, 6.07) is 9.08. The molecule has 8 nitrogen and oxygen atoms in total. The number of carbonyl (C=O) groups excluding carboxylic acids is 4. The molecule has 0 radical (unpaired) electrons. The number of ether oxygens (including phenoxy) is 4. The average molecular weight is 515 g/mol. The third kappa shape index (κ3) is 14.3. The van der Waals surface area contributed by atoms with Crippen LogP contribution in [0.2, 0.25) is 0 Å². The van der Waals surface area contributed by atoms with Gasteiger partial charge >= 0.3 is 23.9 Å². The first-order valence-electron chi connectivity index (χ1n) is 11.5. The molecule has 0 spiro atoms. The lowest BCUT2D eigenvalue weighted by molar-refractivity contribution is -0.154. The van der Waals surface area contributed by atoms with E-state index in [0.29, 0.717) is 16.7 Å². The summed E-state index contributed by atoms with van der Waals surface area (Å²) < 4.78 is 20.4. The fourth-order valence-corrected chi connectivity index (χ4v) is 2.18. The van der Waals surface area contributed by atoms with Crippen LogP contribution < -0.4 is 0 Å². The van der Waals surface area contributed by atoms with E-state index in [2.05, 4.69) is 26.3 Å². The summed E-state index contributed by atoms with van der Waals surface area (Å²) in [7, 11) is 0. The van der Waals surface area contributed by atoms with Gasteiger partial charge in [-0.15, -0.1) is 0 Å². The molecule has 0 fully saturated rings. The van der Waals surface area contributed by atoms with Crippen molar-refractivity contribution in [3.05, 3.63) is 84.5 Å². The van der Waals surface area contributed by atoms with Crippen molar-refractivity contribution in [3.8, 4) is 0 Å². The lowest BCUT2D eigenvalue weighted by atomic mass is 9.96. The Morgan fingerprint density at radius 3 is 1.43 bits per heavy atom. The Morgan fingerprint density at radius 1 is 0.676 bits per heavy atom. The Labute approximate surface area is 219 Å². The lowest BCUT2D eigenvalue weighted by Crippen LogP contribution is -2.28. The minimum Gasteiger partial charge on any atom is -0.462 e. The van der Waals surface area contributed by atoms with E-state index in [4.69, 9.17) is 18.9 Å². The van der Waals surface area contributed by atoms with Crippen molar-refractivity contribution in [2.45, 2.75) is 47.6 Å². The smallest absolute Gasteiger partial charge is 0.333 e. The topological polar surface area (TPSA) is 105 Å². The molecule has 0 aliphatic rings. The molecule has 1 rings (SSSR count). The number of benzene rings is 1. The number of hydrogen-bond acceptors (Lipinski definition) is 8. The summed E-state index contributed by atoms with van der Waals surface area (Å²) in [6.07, 6.45) is -0.663. The van der Waals surface area contributed by atoms with E-state index in [1.54, 1.807) is 39.8 Å². The van der Waals surface area contributed by atoms with Crippen LogP contribution in [0.1, 0.15) is 53.2 Å². The highest BCUT2D eigenvalue weighted by atomic mass is 16.6. The maximum absolute atomic E-state index is 11.6. The van der Waals surface area contributed by atoms with Crippen LogP contribution in [0.3, 0.4) is 0 Å². The van der Waals surface area contributed by atoms with E-state index in [-0.39, 0.29) is 25.4 Å². The summed E-state index contributed by atoms with van der Waals surface area (Å²) >= 11 is 0. The van der Waals surface area contributed by atoms with Crippen LogP contribution in [0.4, 0.5) is 0 Å². The number of carbonyl (C=O) groups is 4. The van der Waals surface area contributed by atoms with Gasteiger partial charge in [0.25, 0.3) is 0 Å². The second-order valence-corrected chi connectivity index (χ2v) is 9.34. The minimum absolute atomic E-state index is 0.0608. The van der Waals surface area contributed by atoms with Gasteiger partial charge in [0.05, 0.1) is 13.2 Å². The Balaban J connectivity index is 0.000000712. The molecule has 0 aliphatic heterocycles. The molecule has 202 valence electrons. The lowest BCUT2D eigenvalue weighted by Gasteiger charge is -2.23. The van der Waals surface area contributed by atoms with Gasteiger partial charge in [-0.25, -0.2) is 19.2 Å². The molecule has 1 aromatic rings. The SMILES string of the molecule is C=C(C)C(=O)OCC(C)(C)COC(=O)C(=C)C.C=C(C)C(=O)OCC(OC(=O)C(=C)C)c1ccccc1. The summed E-state index contributed by atoms with van der Waals surface area (Å²) in [5.74, 6) is -1.92. The van der Waals surface area contributed by atoms with Crippen LogP contribution in [0.15, 0.2) is 78.9 Å². The zero-order valence-corrected chi connectivity index (χ0v) is 22.7.